The highest BCUT2D eigenvalue weighted by atomic mass is 32.2. The third kappa shape index (κ3) is 4.84. The highest BCUT2D eigenvalue weighted by Crippen LogP contribution is 2.34. The Morgan fingerprint density at radius 3 is 2.31 bits per heavy atom. The van der Waals surface area contributed by atoms with Crippen molar-refractivity contribution in [3.63, 3.8) is 0 Å². The molecule has 0 aliphatic heterocycles. The number of carbonyl (C=O) groups is 2. The first-order chi connectivity index (χ1) is 14.0. The van der Waals surface area contributed by atoms with E-state index in [0.29, 0.717) is 29.4 Å². The number of thioether (sulfide) groups is 1. The second-order valence-corrected chi connectivity index (χ2v) is 7.59. The molecule has 0 saturated heterocycles. The topological polar surface area (TPSA) is 70.0 Å². The Labute approximate surface area is 174 Å². The summed E-state index contributed by atoms with van der Waals surface area (Å²) in [6.45, 7) is 4.18. The molecular formula is C23H22N2O3S. The number of fused-ring (bicyclic) bond motifs is 1. The molecule has 0 spiro atoms. The van der Waals surface area contributed by atoms with Crippen molar-refractivity contribution in [2.24, 2.45) is 4.99 Å². The summed E-state index contributed by atoms with van der Waals surface area (Å²) in [6.07, 6.45) is 0.687. The third-order valence-corrected chi connectivity index (χ3v) is 5.79. The zero-order chi connectivity index (χ0) is 20.8. The molecule has 0 aliphatic carbocycles. The van der Waals surface area contributed by atoms with Crippen LogP contribution < -0.4 is 0 Å². The van der Waals surface area contributed by atoms with Gasteiger partial charge in [-0.05, 0) is 47.9 Å². The minimum atomic E-state index is -0.980. The van der Waals surface area contributed by atoms with Gasteiger partial charge in [-0.2, -0.15) is 0 Å². The summed E-state index contributed by atoms with van der Waals surface area (Å²) in [7, 11) is 0. The van der Waals surface area contributed by atoms with E-state index in [1.807, 2.05) is 56.3 Å². The van der Waals surface area contributed by atoms with Gasteiger partial charge in [-0.25, -0.2) is 4.99 Å². The Balaban J connectivity index is 2.06. The Hall–Kier alpha value is -3.12. The molecule has 0 heterocycles. The minimum absolute atomic E-state index is 0.358. The van der Waals surface area contributed by atoms with Crippen molar-refractivity contribution < 1.29 is 14.7 Å². The predicted molar refractivity (Wildman–Crippen MR) is 119 cm³/mol. The van der Waals surface area contributed by atoms with Gasteiger partial charge in [0.25, 0.3) is 0 Å². The first-order valence-electron chi connectivity index (χ1n) is 9.28. The Morgan fingerprint density at radius 2 is 1.72 bits per heavy atom. The Morgan fingerprint density at radius 1 is 1.10 bits per heavy atom. The highest BCUT2D eigenvalue weighted by molar-refractivity contribution is 8.14. The smallest absolute Gasteiger partial charge is 0.321 e. The molecule has 0 radical (unpaired) electrons. The van der Waals surface area contributed by atoms with Crippen LogP contribution in [-0.2, 0) is 9.59 Å². The number of aryl methyl sites for hydroxylation is 1. The summed E-state index contributed by atoms with van der Waals surface area (Å²) in [5.74, 6) is -0.980. The van der Waals surface area contributed by atoms with Gasteiger partial charge in [0.2, 0.25) is 6.41 Å². The van der Waals surface area contributed by atoms with Crippen molar-refractivity contribution in [1.29, 1.82) is 0 Å². The van der Waals surface area contributed by atoms with Gasteiger partial charge >= 0.3 is 5.97 Å². The second kappa shape index (κ2) is 9.39. The lowest BCUT2D eigenvalue weighted by Crippen LogP contribution is -2.28. The molecule has 0 fully saturated rings. The summed E-state index contributed by atoms with van der Waals surface area (Å²) in [5, 5.41) is 11.4. The first kappa shape index (κ1) is 20.6. The lowest BCUT2D eigenvalue weighted by molar-refractivity contribution is -0.136. The lowest BCUT2D eigenvalue weighted by atomic mass is 10.1. The maximum Gasteiger partial charge on any atom is 0.321 e. The van der Waals surface area contributed by atoms with Crippen molar-refractivity contribution in [1.82, 2.24) is 4.90 Å². The van der Waals surface area contributed by atoms with E-state index in [1.54, 1.807) is 24.3 Å². The molecular weight excluding hydrogens is 384 g/mol. The molecule has 3 rings (SSSR count). The van der Waals surface area contributed by atoms with Crippen molar-refractivity contribution in [2.75, 3.05) is 6.54 Å². The molecule has 1 unspecified atom stereocenters. The number of nitrogens with zero attached hydrogens (tertiary/aromatic N) is 2. The number of rotatable bonds is 6. The molecule has 0 saturated carbocycles. The van der Waals surface area contributed by atoms with Crippen LogP contribution in [-0.4, -0.2) is 34.1 Å². The van der Waals surface area contributed by atoms with Gasteiger partial charge in [0, 0.05) is 6.54 Å². The fraction of sp³-hybridized carbons (Fsp3) is 0.174. The molecule has 29 heavy (non-hydrogen) atoms. The van der Waals surface area contributed by atoms with Gasteiger partial charge in [-0.15, -0.1) is 0 Å². The van der Waals surface area contributed by atoms with Crippen LogP contribution in [0.1, 0.15) is 23.3 Å². The standard InChI is InChI=1S/C23H22N2O3S/c1-3-25(15-26)23(29-21(22(27)28)17-9-5-4-6-10-17)24-20-14-19-12-8-7-11-18(19)13-16(20)2/h4-15,21H,3H2,1-2H3,(H,27,28). The molecule has 3 aromatic carbocycles. The zero-order valence-corrected chi connectivity index (χ0v) is 17.1. The number of carbonyl (C=O) groups excluding carboxylic acids is 1. The number of amides is 1. The van der Waals surface area contributed by atoms with Crippen molar-refractivity contribution in [2.45, 2.75) is 19.1 Å². The van der Waals surface area contributed by atoms with Gasteiger partial charge in [0.15, 0.2) is 5.17 Å². The molecule has 1 amide bonds. The maximum atomic E-state index is 11.9. The summed E-state index contributed by atoms with van der Waals surface area (Å²) in [5.41, 5.74) is 2.31. The predicted octanol–water partition coefficient (Wildman–Crippen LogP) is 5.17. The van der Waals surface area contributed by atoms with Gasteiger partial charge in [0.05, 0.1) is 5.69 Å². The van der Waals surface area contributed by atoms with E-state index in [0.717, 1.165) is 28.1 Å². The van der Waals surface area contributed by atoms with Gasteiger partial charge in [-0.3, -0.25) is 14.5 Å². The Bertz CT molecular complexity index is 1050. The number of hydrogen-bond acceptors (Lipinski definition) is 4. The van der Waals surface area contributed by atoms with Gasteiger partial charge in [0.1, 0.15) is 5.25 Å². The third-order valence-electron chi connectivity index (χ3n) is 4.54. The first-order valence-corrected chi connectivity index (χ1v) is 10.2. The molecule has 0 aliphatic rings. The van der Waals surface area contributed by atoms with Crippen LogP contribution in [0.3, 0.4) is 0 Å². The monoisotopic (exact) mass is 406 g/mol. The van der Waals surface area contributed by atoms with E-state index in [-0.39, 0.29) is 0 Å². The van der Waals surface area contributed by atoms with Gasteiger partial charge < -0.3 is 5.11 Å². The fourth-order valence-corrected chi connectivity index (χ4v) is 4.04. The number of amidine groups is 1. The summed E-state index contributed by atoms with van der Waals surface area (Å²) >= 11 is 1.06. The normalized spacial score (nSPS) is 12.6. The van der Waals surface area contributed by atoms with Crippen LogP contribution in [0.4, 0.5) is 5.69 Å². The summed E-state index contributed by atoms with van der Waals surface area (Å²) in [4.78, 5) is 29.7. The molecule has 3 aromatic rings. The van der Waals surface area contributed by atoms with Crippen LogP contribution in [0, 0.1) is 6.92 Å². The average molecular weight is 407 g/mol. The number of hydrogen-bond donors (Lipinski definition) is 1. The number of benzene rings is 3. The van der Waals surface area contributed by atoms with E-state index in [2.05, 4.69) is 0 Å². The molecule has 5 nitrogen and oxygen atoms in total. The van der Waals surface area contributed by atoms with E-state index >= 15 is 0 Å². The lowest BCUT2D eigenvalue weighted by Gasteiger charge is -2.21. The van der Waals surface area contributed by atoms with Crippen LogP contribution in [0.15, 0.2) is 71.7 Å². The van der Waals surface area contributed by atoms with E-state index < -0.39 is 11.2 Å². The molecule has 1 N–H and O–H groups in total. The fourth-order valence-electron chi connectivity index (χ4n) is 2.97. The van der Waals surface area contributed by atoms with E-state index in [9.17, 15) is 14.7 Å². The SMILES string of the molecule is CCN(C=O)C(=Nc1cc2ccccc2cc1C)SC(C(=O)O)c1ccccc1. The quantitative estimate of drug-likeness (QED) is 0.348. The van der Waals surface area contributed by atoms with Crippen molar-refractivity contribution in [3.8, 4) is 0 Å². The molecule has 1 atom stereocenters. The van der Waals surface area contributed by atoms with Crippen LogP contribution in [0.25, 0.3) is 10.8 Å². The number of aliphatic carboxylic acids is 1. The zero-order valence-electron chi connectivity index (χ0n) is 16.3. The maximum absolute atomic E-state index is 11.9. The van der Waals surface area contributed by atoms with Crippen molar-refractivity contribution in [3.05, 3.63) is 77.9 Å². The second-order valence-electron chi connectivity index (χ2n) is 6.52. The van der Waals surface area contributed by atoms with Crippen LogP contribution >= 0.6 is 11.8 Å². The highest BCUT2D eigenvalue weighted by Gasteiger charge is 2.25. The molecule has 148 valence electrons. The molecule has 0 aromatic heterocycles. The van der Waals surface area contributed by atoms with Crippen LogP contribution in [0.5, 0.6) is 0 Å². The van der Waals surface area contributed by atoms with Gasteiger partial charge in [-0.1, -0.05) is 66.4 Å². The average Bonchev–Trinajstić information content (AvgIpc) is 2.73. The van der Waals surface area contributed by atoms with E-state index in [4.69, 9.17) is 4.99 Å². The number of carboxylic acids is 1. The largest absolute Gasteiger partial charge is 0.480 e. The molecule has 0 bridgehead atoms. The minimum Gasteiger partial charge on any atom is -0.480 e. The van der Waals surface area contributed by atoms with Crippen LogP contribution in [0.2, 0.25) is 0 Å². The van der Waals surface area contributed by atoms with E-state index in [1.165, 1.54) is 4.90 Å². The summed E-state index contributed by atoms with van der Waals surface area (Å²) < 4.78 is 0. The number of carboxylic acid groups (broad SMARTS) is 1. The number of aliphatic imine (C=N–C) groups is 1. The molecule has 6 heteroatoms. The summed E-state index contributed by atoms with van der Waals surface area (Å²) in [6, 6.07) is 20.9. The Kier molecular flexibility index (Phi) is 6.67. The van der Waals surface area contributed by atoms with Crippen molar-refractivity contribution >= 4 is 45.8 Å².